The Hall–Kier alpha value is -2.90. The molecule has 0 saturated carbocycles. The lowest BCUT2D eigenvalue weighted by atomic mass is 9.88. The molecule has 30 heavy (non-hydrogen) atoms. The van der Waals surface area contributed by atoms with Crippen molar-refractivity contribution in [1.29, 1.82) is 0 Å². The fourth-order valence-electron chi connectivity index (χ4n) is 2.66. The summed E-state index contributed by atoms with van der Waals surface area (Å²) in [6.07, 6.45) is -0.593. The molecule has 7 heteroatoms. The topological polar surface area (TPSA) is 96.3 Å². The molecule has 0 aromatic heterocycles. The number of carbonyl (C=O) groups is 2. The van der Waals surface area contributed by atoms with Gasteiger partial charge in [-0.05, 0) is 44.3 Å². The first kappa shape index (κ1) is 25.1. The summed E-state index contributed by atoms with van der Waals surface area (Å²) in [7, 11) is 5.79. The second-order valence-electron chi connectivity index (χ2n) is 7.07. The van der Waals surface area contributed by atoms with Crippen LogP contribution in [0.1, 0.15) is 30.9 Å². The smallest absolute Gasteiger partial charge is 0.303 e. The number of likely N-dealkylation sites (N-methyl/N-ethyl adjacent to an activating group) is 1. The predicted molar refractivity (Wildman–Crippen MR) is 115 cm³/mol. The zero-order valence-corrected chi connectivity index (χ0v) is 18.0. The lowest BCUT2D eigenvalue weighted by molar-refractivity contribution is -0.143. The molecule has 0 bridgehead atoms. The third-order valence-corrected chi connectivity index (χ3v) is 4.43. The van der Waals surface area contributed by atoms with Crippen LogP contribution in [0.3, 0.4) is 0 Å². The van der Waals surface area contributed by atoms with E-state index in [0.717, 1.165) is 23.4 Å². The van der Waals surface area contributed by atoms with Crippen molar-refractivity contribution in [3.05, 3.63) is 65.7 Å². The van der Waals surface area contributed by atoms with Gasteiger partial charge in [0, 0.05) is 6.54 Å². The predicted octanol–water partition coefficient (Wildman–Crippen LogP) is 3.47. The molecule has 0 saturated heterocycles. The minimum absolute atomic E-state index is 0.296. The molecule has 2 N–H and O–H groups in total. The highest BCUT2D eigenvalue weighted by atomic mass is 16.5. The van der Waals surface area contributed by atoms with Gasteiger partial charge in [0.05, 0.1) is 26.6 Å². The molecule has 0 aliphatic carbocycles. The average molecular weight is 418 g/mol. The molecule has 0 fully saturated rings. The van der Waals surface area contributed by atoms with Crippen molar-refractivity contribution >= 4 is 11.9 Å². The Morgan fingerprint density at radius 3 is 2.00 bits per heavy atom. The molecular formula is C23H31NO6. The average Bonchev–Trinajstić information content (AvgIpc) is 2.73. The molecule has 0 heterocycles. The molecule has 2 aromatic carbocycles. The van der Waals surface area contributed by atoms with E-state index in [0.29, 0.717) is 6.61 Å². The molecule has 0 aliphatic heterocycles. The lowest BCUT2D eigenvalue weighted by Crippen LogP contribution is -2.31. The van der Waals surface area contributed by atoms with E-state index >= 15 is 0 Å². The molecule has 1 unspecified atom stereocenters. The monoisotopic (exact) mass is 417 g/mol. The number of aliphatic carboxylic acids is 2. The van der Waals surface area contributed by atoms with Crippen LogP contribution < -0.4 is 4.74 Å². The summed E-state index contributed by atoms with van der Waals surface area (Å²) in [5.41, 5.74) is 1.74. The number of carboxylic acids is 2. The van der Waals surface area contributed by atoms with Gasteiger partial charge in [0.2, 0.25) is 0 Å². The molecule has 2 rings (SSSR count). The van der Waals surface area contributed by atoms with Crippen LogP contribution in [0.25, 0.3) is 0 Å². The van der Waals surface area contributed by atoms with Gasteiger partial charge in [-0.1, -0.05) is 42.5 Å². The van der Waals surface area contributed by atoms with Gasteiger partial charge in [0.1, 0.15) is 11.4 Å². The van der Waals surface area contributed by atoms with E-state index in [1.807, 2.05) is 36.4 Å². The standard InChI is InChI=1S/C19H25NO2.C4H6O4/c1-19(22-14-13-20(2)3,16-9-6-5-7-10-16)17-11-8-12-18(15-17)21-4;5-3(6)1-2-4(7)8/h5-12,15H,13-14H2,1-4H3;1-2H2,(H,5,6)(H,7,8). The van der Waals surface area contributed by atoms with Gasteiger partial charge >= 0.3 is 11.9 Å². The number of benzene rings is 2. The number of hydrogen-bond donors (Lipinski definition) is 2. The summed E-state index contributed by atoms with van der Waals surface area (Å²) in [5, 5.41) is 15.8. The van der Waals surface area contributed by atoms with Crippen LogP contribution in [0.5, 0.6) is 5.75 Å². The van der Waals surface area contributed by atoms with E-state index in [9.17, 15) is 9.59 Å². The maximum absolute atomic E-state index is 9.64. The molecule has 0 amide bonds. The number of methoxy groups -OCH3 is 1. The van der Waals surface area contributed by atoms with Crippen molar-refractivity contribution < 1.29 is 29.3 Å². The van der Waals surface area contributed by atoms with Crippen molar-refractivity contribution in [3.63, 3.8) is 0 Å². The Kier molecular flexibility index (Phi) is 10.6. The quantitative estimate of drug-likeness (QED) is 0.611. The first-order valence-electron chi connectivity index (χ1n) is 9.61. The summed E-state index contributed by atoms with van der Waals surface area (Å²) in [4.78, 5) is 21.4. The van der Waals surface area contributed by atoms with Crippen LogP contribution in [-0.2, 0) is 19.9 Å². The number of nitrogens with zero attached hydrogens (tertiary/aromatic N) is 1. The Balaban J connectivity index is 0.000000479. The normalized spacial score (nSPS) is 12.4. The van der Waals surface area contributed by atoms with Crippen LogP contribution in [-0.4, -0.2) is 61.4 Å². The van der Waals surface area contributed by atoms with E-state index in [1.54, 1.807) is 7.11 Å². The molecule has 1 atom stereocenters. The second kappa shape index (κ2) is 12.6. The molecular weight excluding hydrogens is 386 g/mol. The van der Waals surface area contributed by atoms with Gasteiger partial charge in [-0.15, -0.1) is 0 Å². The first-order chi connectivity index (χ1) is 14.2. The van der Waals surface area contributed by atoms with E-state index in [4.69, 9.17) is 19.7 Å². The first-order valence-corrected chi connectivity index (χ1v) is 9.61. The highest BCUT2D eigenvalue weighted by molar-refractivity contribution is 5.75. The van der Waals surface area contributed by atoms with Crippen LogP contribution in [0.15, 0.2) is 54.6 Å². The summed E-state index contributed by atoms with van der Waals surface area (Å²) in [6, 6.07) is 18.4. The van der Waals surface area contributed by atoms with Crippen LogP contribution in [0, 0.1) is 0 Å². The lowest BCUT2D eigenvalue weighted by Gasteiger charge is -2.32. The number of rotatable bonds is 10. The van der Waals surface area contributed by atoms with E-state index in [2.05, 4.69) is 44.1 Å². The summed E-state index contributed by atoms with van der Waals surface area (Å²) in [5.74, 6) is -1.31. The molecule has 0 aliphatic rings. The van der Waals surface area contributed by atoms with E-state index in [-0.39, 0.29) is 12.8 Å². The van der Waals surface area contributed by atoms with Gasteiger partial charge in [-0.25, -0.2) is 0 Å². The number of ether oxygens (including phenoxy) is 2. The molecule has 2 aromatic rings. The SMILES string of the molecule is COc1cccc(C(C)(OCCN(C)C)c2ccccc2)c1.O=C(O)CCC(=O)O. The minimum Gasteiger partial charge on any atom is -0.497 e. The summed E-state index contributed by atoms with van der Waals surface area (Å²) in [6.45, 7) is 3.66. The van der Waals surface area contributed by atoms with Crippen molar-refractivity contribution in [3.8, 4) is 5.75 Å². The van der Waals surface area contributed by atoms with Crippen molar-refractivity contribution in [1.82, 2.24) is 4.90 Å². The van der Waals surface area contributed by atoms with Crippen LogP contribution in [0.2, 0.25) is 0 Å². The maximum atomic E-state index is 9.64. The van der Waals surface area contributed by atoms with E-state index < -0.39 is 17.5 Å². The minimum atomic E-state index is -1.08. The van der Waals surface area contributed by atoms with Crippen LogP contribution >= 0.6 is 0 Å². The highest BCUT2D eigenvalue weighted by Crippen LogP contribution is 2.34. The van der Waals surface area contributed by atoms with Crippen molar-refractivity contribution in [2.75, 3.05) is 34.4 Å². The molecule has 0 spiro atoms. The van der Waals surface area contributed by atoms with Crippen LogP contribution in [0.4, 0.5) is 0 Å². The largest absolute Gasteiger partial charge is 0.497 e. The van der Waals surface area contributed by atoms with Gasteiger partial charge in [-0.3, -0.25) is 9.59 Å². The van der Waals surface area contributed by atoms with Gasteiger partial charge < -0.3 is 24.6 Å². The van der Waals surface area contributed by atoms with Gasteiger partial charge in [0.15, 0.2) is 0 Å². The van der Waals surface area contributed by atoms with Crippen molar-refractivity contribution in [2.24, 2.45) is 0 Å². The third-order valence-electron chi connectivity index (χ3n) is 4.43. The second-order valence-corrected chi connectivity index (χ2v) is 7.07. The Morgan fingerprint density at radius 1 is 0.933 bits per heavy atom. The highest BCUT2D eigenvalue weighted by Gasteiger charge is 2.30. The zero-order valence-electron chi connectivity index (χ0n) is 18.0. The van der Waals surface area contributed by atoms with Gasteiger partial charge in [-0.2, -0.15) is 0 Å². The summed E-state index contributed by atoms with van der Waals surface area (Å²) < 4.78 is 11.7. The number of carboxylic acid groups (broad SMARTS) is 2. The van der Waals surface area contributed by atoms with E-state index in [1.165, 1.54) is 0 Å². The van der Waals surface area contributed by atoms with Gasteiger partial charge in [0.25, 0.3) is 0 Å². The fourth-order valence-corrected chi connectivity index (χ4v) is 2.66. The van der Waals surface area contributed by atoms with Crippen molar-refractivity contribution in [2.45, 2.75) is 25.4 Å². The maximum Gasteiger partial charge on any atom is 0.303 e. The molecule has 7 nitrogen and oxygen atoms in total. The third kappa shape index (κ3) is 8.63. The zero-order chi connectivity index (χ0) is 22.6. The fraction of sp³-hybridized carbons (Fsp3) is 0.391. The molecule has 0 radical (unpaired) electrons. The Morgan fingerprint density at radius 2 is 1.50 bits per heavy atom. The summed E-state index contributed by atoms with van der Waals surface area (Å²) >= 11 is 0. The Labute approximate surface area is 177 Å². The Bertz CT molecular complexity index is 779. The molecule has 164 valence electrons. The number of hydrogen-bond acceptors (Lipinski definition) is 5.